The molecule has 0 bridgehead atoms. The molecule has 8 nitrogen and oxygen atoms in total. The number of esters is 2. The third kappa shape index (κ3) is 10.3. The number of carbonyl (C=O) groups excluding carboxylic acids is 2. The van der Waals surface area contributed by atoms with Crippen LogP contribution < -0.4 is 0 Å². The Hall–Kier alpha value is -2.00. The molecule has 0 aromatic heterocycles. The van der Waals surface area contributed by atoms with Gasteiger partial charge in [0.2, 0.25) is 0 Å². The molecule has 8 heteroatoms. The molecule has 1 saturated heterocycles. The van der Waals surface area contributed by atoms with Crippen LogP contribution in [0.1, 0.15) is 80.6 Å². The molecule has 2 rings (SSSR count). The van der Waals surface area contributed by atoms with Crippen LogP contribution >= 0.6 is 0 Å². The van der Waals surface area contributed by atoms with Gasteiger partial charge in [0.25, 0.3) is 0 Å². The summed E-state index contributed by atoms with van der Waals surface area (Å²) in [5, 5.41) is 31.3. The number of hydrogen-bond acceptors (Lipinski definition) is 8. The second-order valence-electron chi connectivity index (χ2n) is 11.4. The fraction of sp³-hybridized carbons (Fsp3) is 0.733. The molecule has 0 aromatic rings. The van der Waals surface area contributed by atoms with E-state index in [1.807, 2.05) is 46.8 Å². The first-order valence-electron chi connectivity index (χ1n) is 13.9. The van der Waals surface area contributed by atoms with Crippen molar-refractivity contribution in [3.05, 3.63) is 36.0 Å². The zero-order valence-electron chi connectivity index (χ0n) is 24.0. The lowest BCUT2D eigenvalue weighted by Gasteiger charge is -2.27. The molecule has 0 radical (unpaired) electrons. The standard InChI is InChI=1S/C30H48O8/c1-8-24(33)21(5)29-26(37-29)17-30(7,35)15-9-10-19(3)28-20(4)12-14-25(36-22(6)31)18(2)11-13-23(32)16-27(34)38-28/h9-10,12,14-15,18,20-21,23-26,28-29,32-33,35H,8,11,13,16-17H2,1-7H3. The van der Waals surface area contributed by atoms with Crippen molar-refractivity contribution >= 4 is 11.9 Å². The first kappa shape index (κ1) is 32.2. The van der Waals surface area contributed by atoms with Gasteiger partial charge >= 0.3 is 11.9 Å². The molecule has 216 valence electrons. The summed E-state index contributed by atoms with van der Waals surface area (Å²) in [6.07, 6.45) is 8.48. The van der Waals surface area contributed by atoms with Crippen LogP contribution in [0.4, 0.5) is 0 Å². The van der Waals surface area contributed by atoms with Gasteiger partial charge in [-0.25, -0.2) is 0 Å². The number of cyclic esters (lactones) is 1. The Kier molecular flexibility index (Phi) is 12.2. The third-order valence-corrected chi connectivity index (χ3v) is 7.60. The third-order valence-electron chi connectivity index (χ3n) is 7.60. The fourth-order valence-corrected chi connectivity index (χ4v) is 4.99. The van der Waals surface area contributed by atoms with Crippen molar-refractivity contribution in [1.29, 1.82) is 0 Å². The Morgan fingerprint density at radius 3 is 2.58 bits per heavy atom. The van der Waals surface area contributed by atoms with Gasteiger partial charge in [-0.3, -0.25) is 9.59 Å². The lowest BCUT2D eigenvalue weighted by atomic mass is 9.91. The second kappa shape index (κ2) is 14.4. The molecule has 0 saturated carbocycles. The van der Waals surface area contributed by atoms with E-state index >= 15 is 0 Å². The predicted molar refractivity (Wildman–Crippen MR) is 145 cm³/mol. The van der Waals surface area contributed by atoms with Gasteiger partial charge in [0.15, 0.2) is 0 Å². The molecule has 0 aromatic carbocycles. The Morgan fingerprint density at radius 1 is 1.26 bits per heavy atom. The highest BCUT2D eigenvalue weighted by Gasteiger charge is 2.47. The van der Waals surface area contributed by atoms with E-state index in [4.69, 9.17) is 14.2 Å². The zero-order valence-corrected chi connectivity index (χ0v) is 24.0. The summed E-state index contributed by atoms with van der Waals surface area (Å²) in [4.78, 5) is 24.2. The number of aliphatic hydroxyl groups is 3. The maximum atomic E-state index is 12.6. The Balaban J connectivity index is 2.14. The lowest BCUT2D eigenvalue weighted by Crippen LogP contribution is -2.30. The number of rotatable bonds is 9. The maximum Gasteiger partial charge on any atom is 0.309 e. The highest BCUT2D eigenvalue weighted by Crippen LogP contribution is 2.37. The molecule has 2 aliphatic rings. The molecule has 0 spiro atoms. The summed E-state index contributed by atoms with van der Waals surface area (Å²) in [6, 6.07) is 0. The van der Waals surface area contributed by atoms with Crippen molar-refractivity contribution in [3.63, 3.8) is 0 Å². The summed E-state index contributed by atoms with van der Waals surface area (Å²) in [5.41, 5.74) is -0.342. The lowest BCUT2D eigenvalue weighted by molar-refractivity contribution is -0.151. The minimum absolute atomic E-state index is 0.0131. The highest BCUT2D eigenvalue weighted by atomic mass is 16.6. The number of epoxide rings is 1. The van der Waals surface area contributed by atoms with Crippen molar-refractivity contribution in [2.24, 2.45) is 17.8 Å². The molecule has 38 heavy (non-hydrogen) atoms. The highest BCUT2D eigenvalue weighted by molar-refractivity contribution is 5.70. The van der Waals surface area contributed by atoms with Gasteiger partial charge in [-0.2, -0.15) is 0 Å². The van der Waals surface area contributed by atoms with Crippen molar-refractivity contribution in [3.8, 4) is 0 Å². The average molecular weight is 537 g/mol. The van der Waals surface area contributed by atoms with Crippen LogP contribution in [0.3, 0.4) is 0 Å². The molecular formula is C30H48O8. The van der Waals surface area contributed by atoms with Crippen molar-refractivity contribution in [1.82, 2.24) is 0 Å². The fourth-order valence-electron chi connectivity index (χ4n) is 4.99. The average Bonchev–Trinajstić information content (AvgIpc) is 3.59. The van der Waals surface area contributed by atoms with Crippen molar-refractivity contribution < 1.29 is 39.1 Å². The van der Waals surface area contributed by atoms with E-state index in [1.165, 1.54) is 6.92 Å². The van der Waals surface area contributed by atoms with Crippen LogP contribution in [0.25, 0.3) is 0 Å². The maximum absolute atomic E-state index is 12.6. The topological polar surface area (TPSA) is 126 Å². The largest absolute Gasteiger partial charge is 0.458 e. The van der Waals surface area contributed by atoms with E-state index in [0.717, 1.165) is 5.57 Å². The summed E-state index contributed by atoms with van der Waals surface area (Å²) < 4.78 is 17.0. The molecule has 0 amide bonds. The van der Waals surface area contributed by atoms with Gasteiger partial charge in [0.05, 0.1) is 36.4 Å². The normalized spacial score (nSPS) is 34.4. The zero-order chi connectivity index (χ0) is 28.6. The summed E-state index contributed by atoms with van der Waals surface area (Å²) in [6.45, 7) is 12.7. The number of allylic oxidation sites excluding steroid dienone is 2. The number of aliphatic hydroxyl groups excluding tert-OH is 2. The second-order valence-corrected chi connectivity index (χ2v) is 11.4. The van der Waals surface area contributed by atoms with Gasteiger partial charge < -0.3 is 29.5 Å². The van der Waals surface area contributed by atoms with E-state index in [-0.39, 0.29) is 42.4 Å². The molecular weight excluding hydrogens is 488 g/mol. The Morgan fingerprint density at radius 2 is 1.95 bits per heavy atom. The number of hydrogen-bond donors (Lipinski definition) is 3. The van der Waals surface area contributed by atoms with Gasteiger partial charge in [-0.05, 0) is 50.7 Å². The minimum atomic E-state index is -1.11. The van der Waals surface area contributed by atoms with Crippen LogP contribution in [0, 0.1) is 17.8 Å². The summed E-state index contributed by atoms with van der Waals surface area (Å²) in [5.74, 6) is -1.08. The van der Waals surface area contributed by atoms with E-state index in [9.17, 15) is 24.9 Å². The number of carbonyl (C=O) groups is 2. The molecule has 2 aliphatic heterocycles. The van der Waals surface area contributed by atoms with E-state index in [0.29, 0.717) is 25.7 Å². The Labute approximate surface area is 227 Å². The molecule has 0 aliphatic carbocycles. The van der Waals surface area contributed by atoms with Crippen LogP contribution in [0.5, 0.6) is 0 Å². The molecule has 10 unspecified atom stereocenters. The van der Waals surface area contributed by atoms with Crippen LogP contribution in [0.15, 0.2) is 36.0 Å². The summed E-state index contributed by atoms with van der Waals surface area (Å²) in [7, 11) is 0. The van der Waals surface area contributed by atoms with Crippen molar-refractivity contribution in [2.45, 2.75) is 123 Å². The van der Waals surface area contributed by atoms with Gasteiger partial charge in [-0.15, -0.1) is 0 Å². The molecule has 10 atom stereocenters. The smallest absolute Gasteiger partial charge is 0.309 e. The number of ether oxygens (including phenoxy) is 3. The molecule has 3 N–H and O–H groups in total. The molecule has 1 fully saturated rings. The van der Waals surface area contributed by atoms with Gasteiger partial charge in [0.1, 0.15) is 12.2 Å². The first-order chi connectivity index (χ1) is 17.7. The minimum Gasteiger partial charge on any atom is -0.458 e. The van der Waals surface area contributed by atoms with Crippen LogP contribution in [0.2, 0.25) is 0 Å². The van der Waals surface area contributed by atoms with Crippen LogP contribution in [-0.2, 0) is 23.8 Å². The predicted octanol–water partition coefficient (Wildman–Crippen LogP) is 4.02. The van der Waals surface area contributed by atoms with E-state index < -0.39 is 36.0 Å². The van der Waals surface area contributed by atoms with Crippen molar-refractivity contribution in [2.75, 3.05) is 0 Å². The molecule has 2 heterocycles. The van der Waals surface area contributed by atoms with E-state index in [2.05, 4.69) is 0 Å². The van der Waals surface area contributed by atoms with Gasteiger partial charge in [0, 0.05) is 25.2 Å². The monoisotopic (exact) mass is 536 g/mol. The van der Waals surface area contributed by atoms with Crippen LogP contribution in [-0.4, -0.2) is 69.5 Å². The Bertz CT molecular complexity index is 875. The quantitative estimate of drug-likeness (QED) is 0.175. The first-order valence-corrected chi connectivity index (χ1v) is 13.9. The van der Waals surface area contributed by atoms with E-state index in [1.54, 1.807) is 25.2 Å². The van der Waals surface area contributed by atoms with Gasteiger partial charge in [-0.1, -0.05) is 52.0 Å². The summed E-state index contributed by atoms with van der Waals surface area (Å²) >= 11 is 0. The SMILES string of the molecule is CCC(O)C(C)C1OC1CC(C)(O)C=CC=C(C)C1OC(=O)CC(O)CCC(C)C(OC(C)=O)C=CC1C.